The third-order valence-electron chi connectivity index (χ3n) is 1.60. The molecule has 1 unspecified atom stereocenters. The van der Waals surface area contributed by atoms with Crippen LogP contribution in [0.25, 0.3) is 0 Å². The molecule has 0 amide bonds. The molecule has 0 aromatic heterocycles. The van der Waals surface area contributed by atoms with Gasteiger partial charge in [-0.1, -0.05) is 6.92 Å². The molecule has 1 N–H and O–H groups in total. The molecule has 0 fully saturated rings. The van der Waals surface area contributed by atoms with E-state index in [1.165, 1.54) is 17.9 Å². The van der Waals surface area contributed by atoms with Gasteiger partial charge in [0.25, 0.3) is 0 Å². The van der Waals surface area contributed by atoms with Crippen LogP contribution in [0, 0.1) is 0 Å². The highest BCUT2D eigenvalue weighted by atomic mass is 32.2. The van der Waals surface area contributed by atoms with E-state index >= 15 is 0 Å². The van der Waals surface area contributed by atoms with Crippen LogP contribution in [0.3, 0.4) is 0 Å². The summed E-state index contributed by atoms with van der Waals surface area (Å²) in [4.78, 5) is 0. The number of rotatable bonds is 7. The molecule has 68 valence electrons. The van der Waals surface area contributed by atoms with Crippen molar-refractivity contribution in [3.8, 4) is 0 Å². The highest BCUT2D eigenvalue weighted by Gasteiger charge is 2.02. The van der Waals surface area contributed by atoms with Gasteiger partial charge in [-0.05, 0) is 18.9 Å². The summed E-state index contributed by atoms with van der Waals surface area (Å²) in [6.07, 6.45) is 5.56. The third kappa shape index (κ3) is 7.04. The number of hydrogen-bond acceptors (Lipinski definition) is 3. The van der Waals surface area contributed by atoms with Gasteiger partial charge in [0.05, 0.1) is 0 Å². The molecule has 0 heterocycles. The molecule has 0 radical (unpaired) electrons. The van der Waals surface area contributed by atoms with Crippen LogP contribution in [-0.2, 0) is 0 Å². The molecule has 0 aromatic carbocycles. The molecular weight excluding hydrogens is 174 g/mol. The molecule has 0 saturated heterocycles. The quantitative estimate of drug-likeness (QED) is 0.622. The fourth-order valence-corrected chi connectivity index (χ4v) is 1.97. The molecule has 0 spiro atoms. The zero-order valence-corrected chi connectivity index (χ0v) is 9.36. The minimum absolute atomic E-state index is 0.720. The highest BCUT2D eigenvalue weighted by molar-refractivity contribution is 7.98. The second kappa shape index (κ2) is 8.75. The van der Waals surface area contributed by atoms with Gasteiger partial charge in [-0.25, -0.2) is 0 Å². The van der Waals surface area contributed by atoms with Crippen LogP contribution in [0.1, 0.15) is 13.3 Å². The zero-order valence-electron chi connectivity index (χ0n) is 7.72. The first-order valence-electron chi connectivity index (χ1n) is 4.06. The van der Waals surface area contributed by atoms with E-state index in [9.17, 15) is 0 Å². The number of thioether (sulfide) groups is 2. The van der Waals surface area contributed by atoms with E-state index in [-0.39, 0.29) is 0 Å². The lowest BCUT2D eigenvalue weighted by atomic mass is 10.2. The fourth-order valence-electron chi connectivity index (χ4n) is 0.887. The van der Waals surface area contributed by atoms with Crippen molar-refractivity contribution in [3.63, 3.8) is 0 Å². The Bertz CT molecular complexity index is 78.5. The standard InChI is InChI=1S/C8H19NS2/c1-4-8(7-11-3)9-5-6-10-2/h8-9H,4-7H2,1-3H3. The van der Waals surface area contributed by atoms with Gasteiger partial charge in [0, 0.05) is 24.1 Å². The lowest BCUT2D eigenvalue weighted by Crippen LogP contribution is -2.32. The van der Waals surface area contributed by atoms with Gasteiger partial charge in [0.15, 0.2) is 0 Å². The summed E-state index contributed by atoms with van der Waals surface area (Å²) in [7, 11) is 0. The molecule has 0 saturated carbocycles. The van der Waals surface area contributed by atoms with Crippen molar-refractivity contribution in [1.29, 1.82) is 0 Å². The Labute approximate surface area is 79.1 Å². The smallest absolute Gasteiger partial charge is 0.0155 e. The fraction of sp³-hybridized carbons (Fsp3) is 1.00. The summed E-state index contributed by atoms with van der Waals surface area (Å²) in [6.45, 7) is 3.40. The summed E-state index contributed by atoms with van der Waals surface area (Å²) in [6, 6.07) is 0.720. The second-order valence-electron chi connectivity index (χ2n) is 2.51. The minimum Gasteiger partial charge on any atom is -0.312 e. The molecule has 0 aliphatic heterocycles. The van der Waals surface area contributed by atoms with Crippen LogP contribution in [0.2, 0.25) is 0 Å². The predicted molar refractivity (Wildman–Crippen MR) is 58.8 cm³/mol. The lowest BCUT2D eigenvalue weighted by molar-refractivity contribution is 0.563. The molecule has 0 bridgehead atoms. The van der Waals surface area contributed by atoms with Crippen LogP contribution in [-0.4, -0.2) is 36.6 Å². The van der Waals surface area contributed by atoms with Crippen LogP contribution in [0.15, 0.2) is 0 Å². The summed E-state index contributed by atoms with van der Waals surface area (Å²) in [5.74, 6) is 2.47. The third-order valence-corrected chi connectivity index (χ3v) is 2.95. The van der Waals surface area contributed by atoms with Crippen molar-refractivity contribution in [2.45, 2.75) is 19.4 Å². The highest BCUT2D eigenvalue weighted by Crippen LogP contribution is 2.00. The maximum atomic E-state index is 3.53. The largest absolute Gasteiger partial charge is 0.312 e. The van der Waals surface area contributed by atoms with Gasteiger partial charge in [-0.15, -0.1) is 0 Å². The second-order valence-corrected chi connectivity index (χ2v) is 4.40. The maximum Gasteiger partial charge on any atom is 0.0155 e. The van der Waals surface area contributed by atoms with Crippen LogP contribution in [0.5, 0.6) is 0 Å². The van der Waals surface area contributed by atoms with E-state index in [1.54, 1.807) is 0 Å². The van der Waals surface area contributed by atoms with Crippen LogP contribution < -0.4 is 5.32 Å². The molecule has 0 aromatic rings. The van der Waals surface area contributed by atoms with E-state index in [2.05, 4.69) is 24.8 Å². The summed E-state index contributed by atoms with van der Waals surface area (Å²) in [5.41, 5.74) is 0. The molecule has 1 atom stereocenters. The van der Waals surface area contributed by atoms with Gasteiger partial charge < -0.3 is 5.32 Å². The average Bonchev–Trinajstić information content (AvgIpc) is 2.03. The van der Waals surface area contributed by atoms with E-state index < -0.39 is 0 Å². The van der Waals surface area contributed by atoms with E-state index in [4.69, 9.17) is 0 Å². The Balaban J connectivity index is 3.20. The first-order chi connectivity index (χ1) is 5.35. The maximum absolute atomic E-state index is 3.53. The SMILES string of the molecule is CCC(CSC)NCCSC. The molecule has 0 aliphatic rings. The first kappa shape index (κ1) is 11.7. The Morgan fingerprint density at radius 2 is 2.00 bits per heavy atom. The molecule has 0 rings (SSSR count). The summed E-state index contributed by atoms with van der Waals surface area (Å²) < 4.78 is 0. The van der Waals surface area contributed by atoms with Crippen LogP contribution in [0.4, 0.5) is 0 Å². The van der Waals surface area contributed by atoms with Crippen LogP contribution >= 0.6 is 23.5 Å². The Hall–Kier alpha value is 0.660. The van der Waals surface area contributed by atoms with Gasteiger partial charge in [-0.2, -0.15) is 23.5 Å². The summed E-state index contributed by atoms with van der Waals surface area (Å²) in [5, 5.41) is 3.53. The average molecular weight is 193 g/mol. The van der Waals surface area contributed by atoms with Gasteiger partial charge in [-0.3, -0.25) is 0 Å². The molecular formula is C8H19NS2. The summed E-state index contributed by atoms with van der Waals surface area (Å²) >= 11 is 3.83. The molecule has 3 heteroatoms. The predicted octanol–water partition coefficient (Wildman–Crippen LogP) is 2.08. The number of nitrogens with one attached hydrogen (secondary N) is 1. The van der Waals surface area contributed by atoms with Crippen molar-refractivity contribution in [3.05, 3.63) is 0 Å². The van der Waals surface area contributed by atoms with Gasteiger partial charge >= 0.3 is 0 Å². The van der Waals surface area contributed by atoms with Crippen molar-refractivity contribution in [1.82, 2.24) is 5.32 Å². The Kier molecular flexibility index (Phi) is 9.28. The van der Waals surface area contributed by atoms with Crippen molar-refractivity contribution in [2.75, 3.05) is 30.6 Å². The van der Waals surface area contributed by atoms with E-state index in [1.807, 2.05) is 23.5 Å². The van der Waals surface area contributed by atoms with Gasteiger partial charge in [0.1, 0.15) is 0 Å². The number of hydrogen-bond donors (Lipinski definition) is 1. The van der Waals surface area contributed by atoms with Gasteiger partial charge in [0.2, 0.25) is 0 Å². The normalized spacial score (nSPS) is 13.4. The zero-order chi connectivity index (χ0) is 8.53. The Morgan fingerprint density at radius 3 is 2.45 bits per heavy atom. The Morgan fingerprint density at radius 1 is 1.27 bits per heavy atom. The first-order valence-corrected chi connectivity index (χ1v) is 6.85. The molecule has 1 nitrogen and oxygen atoms in total. The van der Waals surface area contributed by atoms with Crippen molar-refractivity contribution in [2.24, 2.45) is 0 Å². The monoisotopic (exact) mass is 193 g/mol. The van der Waals surface area contributed by atoms with Crippen molar-refractivity contribution < 1.29 is 0 Å². The van der Waals surface area contributed by atoms with E-state index in [0.29, 0.717) is 0 Å². The lowest BCUT2D eigenvalue weighted by Gasteiger charge is -2.14. The molecule has 0 aliphatic carbocycles. The van der Waals surface area contributed by atoms with E-state index in [0.717, 1.165) is 12.6 Å². The van der Waals surface area contributed by atoms with Crippen molar-refractivity contribution >= 4 is 23.5 Å². The minimum atomic E-state index is 0.720. The molecule has 11 heavy (non-hydrogen) atoms. The topological polar surface area (TPSA) is 12.0 Å².